The van der Waals surface area contributed by atoms with Crippen molar-refractivity contribution in [2.75, 3.05) is 5.01 Å². The van der Waals surface area contributed by atoms with Crippen molar-refractivity contribution in [3.05, 3.63) is 65.2 Å². The van der Waals surface area contributed by atoms with E-state index in [1.165, 1.54) is 31.2 Å². The molecular formula is C19H14ClF3N4O2. The Morgan fingerprint density at radius 3 is 2.34 bits per heavy atom. The number of rotatable bonds is 4. The molecule has 150 valence electrons. The molecule has 0 bridgehead atoms. The normalized spacial score (nSPS) is 17.3. The number of benzene rings is 2. The van der Waals surface area contributed by atoms with E-state index in [1.54, 1.807) is 30.3 Å². The molecule has 0 unspecified atom stereocenters. The molecule has 1 atom stereocenters. The van der Waals surface area contributed by atoms with Gasteiger partial charge in [0.2, 0.25) is 0 Å². The number of hydrogen-bond acceptors (Lipinski definition) is 4. The fourth-order valence-electron chi connectivity index (χ4n) is 2.70. The van der Waals surface area contributed by atoms with Gasteiger partial charge in [0.15, 0.2) is 5.71 Å². The highest BCUT2D eigenvalue weighted by molar-refractivity contribution is 6.30. The molecule has 0 aliphatic carbocycles. The van der Waals surface area contributed by atoms with Crippen molar-refractivity contribution >= 4 is 40.5 Å². The summed E-state index contributed by atoms with van der Waals surface area (Å²) in [7, 11) is 0. The predicted molar refractivity (Wildman–Crippen MR) is 103 cm³/mol. The number of carbonyl (C=O) groups is 2. The van der Waals surface area contributed by atoms with Crippen molar-refractivity contribution in [2.24, 2.45) is 16.1 Å². The summed E-state index contributed by atoms with van der Waals surface area (Å²) in [6.45, 7) is 1.30. The van der Waals surface area contributed by atoms with Crippen LogP contribution < -0.4 is 10.4 Å². The molecule has 2 aromatic carbocycles. The number of carbonyl (C=O) groups excluding carboxylic acids is 2. The molecule has 6 nitrogen and oxygen atoms in total. The second-order valence-electron chi connectivity index (χ2n) is 6.10. The van der Waals surface area contributed by atoms with Crippen LogP contribution in [0.4, 0.5) is 18.9 Å². The zero-order valence-electron chi connectivity index (χ0n) is 14.9. The zero-order chi connectivity index (χ0) is 21.2. The molecule has 0 saturated carbocycles. The third kappa shape index (κ3) is 4.45. The number of anilines is 1. The molecule has 29 heavy (non-hydrogen) atoms. The Morgan fingerprint density at radius 1 is 1.14 bits per heavy atom. The van der Waals surface area contributed by atoms with Gasteiger partial charge in [-0.1, -0.05) is 29.8 Å². The van der Waals surface area contributed by atoms with Crippen LogP contribution in [0.5, 0.6) is 0 Å². The van der Waals surface area contributed by atoms with Crippen LogP contribution in [0.25, 0.3) is 0 Å². The van der Waals surface area contributed by atoms with E-state index in [9.17, 15) is 22.8 Å². The molecule has 1 aliphatic rings. The molecule has 0 radical (unpaired) electrons. The lowest BCUT2D eigenvalue weighted by Gasteiger charge is -2.17. The van der Waals surface area contributed by atoms with E-state index in [1.807, 2.05) is 5.43 Å². The van der Waals surface area contributed by atoms with Crippen LogP contribution in [0.15, 0.2) is 64.8 Å². The SMILES string of the molecule is CC1=NN(c2ccccc2)C(=O)[C@@H]1C(=NNC(=O)c1ccc(Cl)cc1)C(F)(F)F. The number of hydrogen-bond donors (Lipinski definition) is 1. The van der Waals surface area contributed by atoms with Gasteiger partial charge >= 0.3 is 6.18 Å². The molecule has 1 heterocycles. The summed E-state index contributed by atoms with van der Waals surface area (Å²) in [6, 6.07) is 13.6. The van der Waals surface area contributed by atoms with Crippen LogP contribution in [0.2, 0.25) is 5.02 Å². The van der Waals surface area contributed by atoms with Gasteiger partial charge in [-0.2, -0.15) is 28.4 Å². The van der Waals surface area contributed by atoms with Gasteiger partial charge < -0.3 is 0 Å². The largest absolute Gasteiger partial charge is 0.432 e. The van der Waals surface area contributed by atoms with E-state index in [0.717, 1.165) is 5.01 Å². The van der Waals surface area contributed by atoms with E-state index in [4.69, 9.17) is 11.6 Å². The zero-order valence-corrected chi connectivity index (χ0v) is 15.7. The first-order valence-electron chi connectivity index (χ1n) is 8.33. The summed E-state index contributed by atoms with van der Waals surface area (Å²) in [4.78, 5) is 24.8. The molecule has 1 N–H and O–H groups in total. The third-order valence-electron chi connectivity index (χ3n) is 4.08. The van der Waals surface area contributed by atoms with Gasteiger partial charge in [0.25, 0.3) is 11.8 Å². The number of para-hydroxylation sites is 1. The number of nitrogens with one attached hydrogen (secondary N) is 1. The van der Waals surface area contributed by atoms with E-state index < -0.39 is 29.6 Å². The number of nitrogens with zero attached hydrogens (tertiary/aromatic N) is 3. The molecule has 2 aromatic rings. The minimum atomic E-state index is -4.96. The van der Waals surface area contributed by atoms with Gasteiger partial charge in [-0.05, 0) is 43.3 Å². The number of alkyl halides is 3. The highest BCUT2D eigenvalue weighted by atomic mass is 35.5. The van der Waals surface area contributed by atoms with Crippen molar-refractivity contribution in [1.82, 2.24) is 5.43 Å². The van der Waals surface area contributed by atoms with Gasteiger partial charge in [-0.15, -0.1) is 0 Å². The maximum atomic E-state index is 13.6. The summed E-state index contributed by atoms with van der Waals surface area (Å²) in [5.74, 6) is -3.55. The van der Waals surface area contributed by atoms with Crippen LogP contribution in [0, 0.1) is 5.92 Å². The van der Waals surface area contributed by atoms with Gasteiger partial charge in [-0.25, -0.2) is 5.43 Å². The molecule has 0 spiro atoms. The van der Waals surface area contributed by atoms with Crippen molar-refractivity contribution in [1.29, 1.82) is 0 Å². The summed E-state index contributed by atoms with van der Waals surface area (Å²) in [5.41, 5.74) is 0.705. The Kier molecular flexibility index (Phi) is 5.69. The van der Waals surface area contributed by atoms with Crippen LogP contribution in [-0.4, -0.2) is 29.4 Å². The Morgan fingerprint density at radius 2 is 1.76 bits per heavy atom. The van der Waals surface area contributed by atoms with Crippen molar-refractivity contribution in [2.45, 2.75) is 13.1 Å². The third-order valence-corrected chi connectivity index (χ3v) is 4.33. The van der Waals surface area contributed by atoms with E-state index in [-0.39, 0.29) is 11.3 Å². The fourth-order valence-corrected chi connectivity index (χ4v) is 2.83. The fraction of sp³-hybridized carbons (Fsp3) is 0.158. The molecule has 10 heteroatoms. The Labute approximate surface area is 168 Å². The Balaban J connectivity index is 1.88. The smallest absolute Gasteiger partial charge is 0.271 e. The van der Waals surface area contributed by atoms with Crippen LogP contribution >= 0.6 is 11.6 Å². The molecule has 0 saturated heterocycles. The predicted octanol–water partition coefficient (Wildman–Crippen LogP) is 4.03. The number of hydrazone groups is 2. The van der Waals surface area contributed by atoms with E-state index >= 15 is 0 Å². The Hall–Kier alpha value is -3.20. The topological polar surface area (TPSA) is 74.1 Å². The molecular weight excluding hydrogens is 409 g/mol. The van der Waals surface area contributed by atoms with Gasteiger partial charge in [-0.3, -0.25) is 9.59 Å². The average Bonchev–Trinajstić information content (AvgIpc) is 2.97. The number of amides is 2. The first kappa shape index (κ1) is 20.5. The van der Waals surface area contributed by atoms with E-state index in [2.05, 4.69) is 10.2 Å². The quantitative estimate of drug-likeness (QED) is 0.596. The van der Waals surface area contributed by atoms with Gasteiger partial charge in [0.1, 0.15) is 5.92 Å². The summed E-state index contributed by atoms with van der Waals surface area (Å²) in [6.07, 6.45) is -4.96. The molecule has 0 aromatic heterocycles. The average molecular weight is 423 g/mol. The molecule has 2 amide bonds. The van der Waals surface area contributed by atoms with Crippen molar-refractivity contribution in [3.63, 3.8) is 0 Å². The first-order valence-corrected chi connectivity index (χ1v) is 8.71. The lowest BCUT2D eigenvalue weighted by atomic mass is 9.97. The van der Waals surface area contributed by atoms with Crippen LogP contribution in [0.3, 0.4) is 0 Å². The monoisotopic (exact) mass is 422 g/mol. The lowest BCUT2D eigenvalue weighted by Crippen LogP contribution is -2.41. The Bertz CT molecular complexity index is 989. The minimum Gasteiger partial charge on any atom is -0.271 e. The molecule has 0 fully saturated rings. The van der Waals surface area contributed by atoms with Crippen LogP contribution in [-0.2, 0) is 4.79 Å². The van der Waals surface area contributed by atoms with Crippen molar-refractivity contribution < 1.29 is 22.8 Å². The minimum absolute atomic E-state index is 0.0636. The van der Waals surface area contributed by atoms with Gasteiger partial charge in [0.05, 0.1) is 11.4 Å². The molecule has 1 aliphatic heterocycles. The standard InChI is InChI=1S/C19H14ClF3N4O2/c1-11-15(18(29)27(26-11)14-5-3-2-4-6-14)16(19(21,22)23)24-25-17(28)12-7-9-13(20)10-8-12/h2-10,15H,1H3,(H,25,28)/t15-/m0/s1. The molecule has 3 rings (SSSR count). The van der Waals surface area contributed by atoms with E-state index in [0.29, 0.717) is 10.7 Å². The highest BCUT2D eigenvalue weighted by Crippen LogP contribution is 2.30. The van der Waals surface area contributed by atoms with Crippen molar-refractivity contribution in [3.8, 4) is 0 Å². The second kappa shape index (κ2) is 8.04. The lowest BCUT2D eigenvalue weighted by molar-refractivity contribution is -0.119. The number of halogens is 4. The summed E-state index contributed by atoms with van der Waals surface area (Å²) in [5, 5.41) is 8.44. The second-order valence-corrected chi connectivity index (χ2v) is 6.54. The maximum absolute atomic E-state index is 13.6. The first-order chi connectivity index (χ1) is 13.7. The maximum Gasteiger partial charge on any atom is 0.432 e. The highest BCUT2D eigenvalue weighted by Gasteiger charge is 2.49. The van der Waals surface area contributed by atoms with Gasteiger partial charge in [0, 0.05) is 10.6 Å². The summed E-state index contributed by atoms with van der Waals surface area (Å²) < 4.78 is 40.9. The van der Waals surface area contributed by atoms with Crippen LogP contribution in [0.1, 0.15) is 17.3 Å². The summed E-state index contributed by atoms with van der Waals surface area (Å²) >= 11 is 5.72.